The van der Waals surface area contributed by atoms with Gasteiger partial charge in [0.1, 0.15) is 0 Å². The summed E-state index contributed by atoms with van der Waals surface area (Å²) in [7, 11) is -3.91. The minimum atomic E-state index is -3.91. The standard InChI is InChI=1S/C16H15F2NO2S/c1-13-7-9-15(10-8-13)22(20,21)19(12-11-16(17)18)14-5-3-2-4-6-14/h2-11H,12H2,1H3. The highest BCUT2D eigenvalue weighted by Gasteiger charge is 2.24. The lowest BCUT2D eigenvalue weighted by Crippen LogP contribution is -2.31. The molecule has 0 amide bonds. The summed E-state index contributed by atoms with van der Waals surface area (Å²) in [6, 6.07) is 14.4. The molecule has 0 heterocycles. The van der Waals surface area contributed by atoms with Gasteiger partial charge in [0.25, 0.3) is 16.1 Å². The molecular weight excluding hydrogens is 308 g/mol. The zero-order valence-corrected chi connectivity index (χ0v) is 12.7. The lowest BCUT2D eigenvalue weighted by molar-refractivity contribution is 0.419. The lowest BCUT2D eigenvalue weighted by Gasteiger charge is -2.23. The fourth-order valence-electron chi connectivity index (χ4n) is 1.93. The summed E-state index contributed by atoms with van der Waals surface area (Å²) in [5.41, 5.74) is 1.25. The lowest BCUT2D eigenvalue weighted by atomic mass is 10.2. The maximum absolute atomic E-state index is 12.7. The summed E-state index contributed by atoms with van der Waals surface area (Å²) in [5.74, 6) is 0. The Bertz CT molecular complexity index is 752. The molecule has 0 aliphatic heterocycles. The Balaban J connectivity index is 2.47. The first kappa shape index (κ1) is 16.2. The minimum absolute atomic E-state index is 0.0645. The fourth-order valence-corrected chi connectivity index (χ4v) is 3.33. The van der Waals surface area contributed by atoms with Gasteiger partial charge < -0.3 is 0 Å². The predicted octanol–water partition coefficient (Wildman–Crippen LogP) is 3.97. The van der Waals surface area contributed by atoms with Crippen molar-refractivity contribution >= 4 is 15.7 Å². The van der Waals surface area contributed by atoms with Crippen LogP contribution in [0.5, 0.6) is 0 Å². The van der Waals surface area contributed by atoms with Crippen molar-refractivity contribution in [3.63, 3.8) is 0 Å². The second kappa shape index (κ2) is 6.70. The van der Waals surface area contributed by atoms with Crippen molar-refractivity contribution in [3.8, 4) is 0 Å². The van der Waals surface area contributed by atoms with Gasteiger partial charge in [0.2, 0.25) is 0 Å². The van der Waals surface area contributed by atoms with Gasteiger partial charge in [0.15, 0.2) is 0 Å². The molecule has 0 saturated heterocycles. The molecule has 0 unspecified atom stereocenters. The zero-order chi connectivity index (χ0) is 16.2. The Morgan fingerprint density at radius 1 is 1.05 bits per heavy atom. The Morgan fingerprint density at radius 3 is 2.18 bits per heavy atom. The number of aryl methyl sites for hydroxylation is 1. The molecule has 22 heavy (non-hydrogen) atoms. The SMILES string of the molecule is Cc1ccc(S(=O)(=O)N(CC=C(F)F)c2ccccc2)cc1. The smallest absolute Gasteiger partial charge is 0.262 e. The van der Waals surface area contributed by atoms with E-state index in [1.807, 2.05) is 6.92 Å². The molecule has 2 aromatic rings. The summed E-state index contributed by atoms with van der Waals surface area (Å²) in [4.78, 5) is 0.0645. The van der Waals surface area contributed by atoms with Crippen molar-refractivity contribution in [2.75, 3.05) is 10.8 Å². The van der Waals surface area contributed by atoms with Crippen molar-refractivity contribution < 1.29 is 17.2 Å². The Hall–Kier alpha value is -2.21. The molecule has 0 spiro atoms. The topological polar surface area (TPSA) is 37.4 Å². The Kier molecular flexibility index (Phi) is 4.92. The Morgan fingerprint density at radius 2 is 1.64 bits per heavy atom. The molecule has 0 fully saturated rings. The number of benzene rings is 2. The molecule has 0 radical (unpaired) electrons. The average Bonchev–Trinajstić information content (AvgIpc) is 2.48. The number of hydrogen-bond acceptors (Lipinski definition) is 2. The van der Waals surface area contributed by atoms with Crippen LogP contribution < -0.4 is 4.31 Å². The van der Waals surface area contributed by atoms with E-state index < -0.39 is 22.6 Å². The number of hydrogen-bond donors (Lipinski definition) is 0. The van der Waals surface area contributed by atoms with Crippen LogP contribution in [0.1, 0.15) is 5.56 Å². The average molecular weight is 323 g/mol. The van der Waals surface area contributed by atoms with E-state index in [0.717, 1.165) is 9.87 Å². The van der Waals surface area contributed by atoms with Crippen LogP contribution in [0.25, 0.3) is 0 Å². The second-order valence-electron chi connectivity index (χ2n) is 4.68. The third kappa shape index (κ3) is 3.71. The second-order valence-corrected chi connectivity index (χ2v) is 6.54. The first-order valence-corrected chi connectivity index (χ1v) is 8.01. The fraction of sp³-hybridized carbons (Fsp3) is 0.125. The highest BCUT2D eigenvalue weighted by atomic mass is 32.2. The van der Waals surface area contributed by atoms with Gasteiger partial charge >= 0.3 is 0 Å². The molecule has 0 aliphatic carbocycles. The zero-order valence-electron chi connectivity index (χ0n) is 11.9. The van der Waals surface area contributed by atoms with Gasteiger partial charge in [0.05, 0.1) is 17.1 Å². The molecule has 2 aromatic carbocycles. The van der Waals surface area contributed by atoms with Crippen molar-refractivity contribution in [1.29, 1.82) is 0 Å². The van der Waals surface area contributed by atoms with Crippen LogP contribution >= 0.6 is 0 Å². The minimum Gasteiger partial charge on any atom is -0.262 e. The maximum atomic E-state index is 12.7. The van der Waals surface area contributed by atoms with Crippen molar-refractivity contribution in [2.45, 2.75) is 11.8 Å². The van der Waals surface area contributed by atoms with Crippen LogP contribution in [0, 0.1) is 6.92 Å². The number of rotatable bonds is 5. The van der Waals surface area contributed by atoms with E-state index >= 15 is 0 Å². The van der Waals surface area contributed by atoms with Crippen LogP contribution in [0.2, 0.25) is 0 Å². The monoisotopic (exact) mass is 323 g/mol. The van der Waals surface area contributed by atoms with Crippen molar-refractivity contribution in [2.24, 2.45) is 0 Å². The third-order valence-electron chi connectivity index (χ3n) is 3.06. The van der Waals surface area contributed by atoms with Gasteiger partial charge in [-0.2, -0.15) is 8.78 Å². The highest BCUT2D eigenvalue weighted by molar-refractivity contribution is 7.92. The first-order valence-electron chi connectivity index (χ1n) is 6.57. The van der Waals surface area contributed by atoms with Gasteiger partial charge in [-0.05, 0) is 31.2 Å². The van der Waals surface area contributed by atoms with E-state index in [0.29, 0.717) is 11.8 Å². The van der Waals surface area contributed by atoms with Crippen LogP contribution in [0.15, 0.2) is 71.6 Å². The predicted molar refractivity (Wildman–Crippen MR) is 82.5 cm³/mol. The summed E-state index contributed by atoms with van der Waals surface area (Å²) in [6.45, 7) is 1.41. The largest absolute Gasteiger partial charge is 0.268 e. The molecule has 0 bridgehead atoms. The van der Waals surface area contributed by atoms with E-state index in [4.69, 9.17) is 0 Å². The number of para-hydroxylation sites is 1. The van der Waals surface area contributed by atoms with Crippen LogP contribution in [0.3, 0.4) is 0 Å². The van der Waals surface area contributed by atoms with E-state index in [2.05, 4.69) is 0 Å². The first-order chi connectivity index (χ1) is 10.4. The van der Waals surface area contributed by atoms with Gasteiger partial charge in [-0.25, -0.2) is 8.42 Å². The van der Waals surface area contributed by atoms with E-state index in [-0.39, 0.29) is 4.90 Å². The number of sulfonamides is 1. The van der Waals surface area contributed by atoms with E-state index in [1.54, 1.807) is 42.5 Å². The number of halogens is 2. The summed E-state index contributed by atoms with van der Waals surface area (Å²) >= 11 is 0. The molecule has 0 saturated carbocycles. The van der Waals surface area contributed by atoms with E-state index in [9.17, 15) is 17.2 Å². The molecular formula is C16H15F2NO2S. The van der Waals surface area contributed by atoms with Crippen molar-refractivity contribution in [3.05, 3.63) is 72.3 Å². The Labute approximate surface area is 128 Å². The van der Waals surface area contributed by atoms with Gasteiger partial charge in [-0.3, -0.25) is 4.31 Å². The maximum Gasteiger partial charge on any atom is 0.268 e. The van der Waals surface area contributed by atoms with Crippen molar-refractivity contribution in [1.82, 2.24) is 0 Å². The molecule has 3 nitrogen and oxygen atoms in total. The van der Waals surface area contributed by atoms with Crippen LogP contribution in [-0.2, 0) is 10.0 Å². The summed E-state index contributed by atoms with van der Waals surface area (Å²) in [6.07, 6.45) is -1.33. The molecule has 0 aromatic heterocycles. The van der Waals surface area contributed by atoms with Crippen LogP contribution in [0.4, 0.5) is 14.5 Å². The van der Waals surface area contributed by atoms with Gasteiger partial charge in [0, 0.05) is 6.08 Å². The quantitative estimate of drug-likeness (QED) is 0.835. The molecule has 116 valence electrons. The summed E-state index contributed by atoms with van der Waals surface area (Å²) in [5, 5.41) is 0. The highest BCUT2D eigenvalue weighted by Crippen LogP contribution is 2.24. The molecule has 0 N–H and O–H groups in total. The molecule has 0 atom stereocenters. The summed E-state index contributed by atoms with van der Waals surface area (Å²) < 4.78 is 51.2. The van der Waals surface area contributed by atoms with E-state index in [1.165, 1.54) is 12.1 Å². The molecule has 0 aliphatic rings. The van der Waals surface area contributed by atoms with Gasteiger partial charge in [-0.1, -0.05) is 35.9 Å². The number of nitrogens with zero attached hydrogens (tertiary/aromatic N) is 1. The van der Waals surface area contributed by atoms with Crippen LogP contribution in [-0.4, -0.2) is 15.0 Å². The van der Waals surface area contributed by atoms with Gasteiger partial charge in [-0.15, -0.1) is 0 Å². The molecule has 2 rings (SSSR count). The molecule has 6 heteroatoms. The number of anilines is 1. The normalized spacial score (nSPS) is 11.0. The third-order valence-corrected chi connectivity index (χ3v) is 4.87.